The lowest BCUT2D eigenvalue weighted by Gasteiger charge is -2.23. The lowest BCUT2D eigenvalue weighted by atomic mass is 10.1. The highest BCUT2D eigenvalue weighted by molar-refractivity contribution is 7.22. The quantitative estimate of drug-likeness (QED) is 0.912. The van der Waals surface area contributed by atoms with Crippen LogP contribution in [0.3, 0.4) is 0 Å². The standard InChI is InChI=1S/C19H23N3O2S/c1-11-7-8-12(2)17-16(11)20-19(25-17)21-18(24)13-9-15(23)22(10-13)14-5-3-4-6-14/h7-8,13-14H,3-6,9-10H2,1-2H3,(H,20,21,24). The van der Waals surface area contributed by atoms with Gasteiger partial charge in [-0.3, -0.25) is 9.59 Å². The minimum Gasteiger partial charge on any atom is -0.339 e. The first-order valence-electron chi connectivity index (χ1n) is 9.00. The summed E-state index contributed by atoms with van der Waals surface area (Å²) in [5.41, 5.74) is 3.23. The van der Waals surface area contributed by atoms with Crippen LogP contribution in [-0.4, -0.2) is 34.3 Å². The summed E-state index contributed by atoms with van der Waals surface area (Å²) in [7, 11) is 0. The second kappa shape index (κ2) is 6.41. The van der Waals surface area contributed by atoms with E-state index in [2.05, 4.69) is 29.4 Å². The van der Waals surface area contributed by atoms with Gasteiger partial charge in [-0.15, -0.1) is 0 Å². The summed E-state index contributed by atoms with van der Waals surface area (Å²) in [4.78, 5) is 31.5. The van der Waals surface area contributed by atoms with Crippen molar-refractivity contribution in [3.8, 4) is 0 Å². The first kappa shape index (κ1) is 16.5. The van der Waals surface area contributed by atoms with E-state index < -0.39 is 0 Å². The number of rotatable bonds is 3. The number of nitrogens with one attached hydrogen (secondary N) is 1. The van der Waals surface area contributed by atoms with E-state index in [0.717, 1.165) is 28.6 Å². The number of amides is 2. The Morgan fingerprint density at radius 2 is 1.96 bits per heavy atom. The van der Waals surface area contributed by atoms with Crippen LogP contribution in [0, 0.1) is 19.8 Å². The van der Waals surface area contributed by atoms with Gasteiger partial charge in [0.05, 0.1) is 16.1 Å². The zero-order chi connectivity index (χ0) is 17.6. The predicted molar refractivity (Wildman–Crippen MR) is 99.8 cm³/mol. The molecule has 1 N–H and O–H groups in total. The molecule has 25 heavy (non-hydrogen) atoms. The molecule has 6 heteroatoms. The molecule has 0 bridgehead atoms. The molecule has 1 aromatic carbocycles. The monoisotopic (exact) mass is 357 g/mol. The third-order valence-electron chi connectivity index (χ3n) is 5.47. The minimum atomic E-state index is -0.262. The van der Waals surface area contributed by atoms with Crippen molar-refractivity contribution in [2.45, 2.75) is 52.0 Å². The van der Waals surface area contributed by atoms with Crippen molar-refractivity contribution in [3.63, 3.8) is 0 Å². The summed E-state index contributed by atoms with van der Waals surface area (Å²) >= 11 is 1.51. The van der Waals surface area contributed by atoms with Crippen molar-refractivity contribution in [1.82, 2.24) is 9.88 Å². The smallest absolute Gasteiger partial charge is 0.231 e. The van der Waals surface area contributed by atoms with Gasteiger partial charge in [0.1, 0.15) is 0 Å². The number of carbonyl (C=O) groups is 2. The Bertz CT molecular complexity index is 800. The SMILES string of the molecule is Cc1ccc(C)c2sc(NC(=O)C3CC(=O)N(C4CCCC4)C3)nc12. The molecule has 2 fully saturated rings. The molecule has 1 aliphatic heterocycles. The predicted octanol–water partition coefficient (Wildman–Crippen LogP) is 3.64. The number of likely N-dealkylation sites (tertiary alicyclic amines) is 1. The van der Waals surface area contributed by atoms with E-state index >= 15 is 0 Å². The number of fused-ring (bicyclic) bond motifs is 1. The third kappa shape index (κ3) is 3.03. The lowest BCUT2D eigenvalue weighted by molar-refractivity contribution is -0.129. The van der Waals surface area contributed by atoms with Gasteiger partial charge in [0.25, 0.3) is 0 Å². The summed E-state index contributed by atoms with van der Waals surface area (Å²) in [6.07, 6.45) is 4.86. The maximum Gasteiger partial charge on any atom is 0.231 e. The van der Waals surface area contributed by atoms with Crippen LogP contribution in [0.15, 0.2) is 12.1 Å². The molecule has 2 aliphatic rings. The molecule has 1 saturated heterocycles. The summed E-state index contributed by atoms with van der Waals surface area (Å²) in [6.45, 7) is 4.64. The number of benzene rings is 1. The lowest BCUT2D eigenvalue weighted by Crippen LogP contribution is -2.35. The van der Waals surface area contributed by atoms with Gasteiger partial charge in [0.2, 0.25) is 11.8 Å². The highest BCUT2D eigenvalue weighted by Crippen LogP contribution is 2.33. The number of aryl methyl sites for hydroxylation is 2. The minimum absolute atomic E-state index is 0.0804. The van der Waals surface area contributed by atoms with Gasteiger partial charge in [-0.05, 0) is 37.8 Å². The fraction of sp³-hybridized carbons (Fsp3) is 0.526. The van der Waals surface area contributed by atoms with E-state index in [0.29, 0.717) is 24.1 Å². The average molecular weight is 357 g/mol. The third-order valence-corrected chi connectivity index (χ3v) is 6.57. The zero-order valence-electron chi connectivity index (χ0n) is 14.7. The molecule has 5 nitrogen and oxygen atoms in total. The van der Waals surface area contributed by atoms with E-state index in [9.17, 15) is 9.59 Å². The average Bonchev–Trinajstić information content (AvgIpc) is 3.29. The Hall–Kier alpha value is -1.95. The molecule has 132 valence electrons. The van der Waals surface area contributed by atoms with E-state index in [-0.39, 0.29) is 17.7 Å². The Morgan fingerprint density at radius 1 is 1.24 bits per heavy atom. The van der Waals surface area contributed by atoms with Crippen molar-refractivity contribution in [2.24, 2.45) is 5.92 Å². The molecule has 1 aromatic heterocycles. The Labute approximate surface area is 151 Å². The van der Waals surface area contributed by atoms with Crippen LogP contribution in [-0.2, 0) is 9.59 Å². The first-order chi connectivity index (χ1) is 12.0. The summed E-state index contributed by atoms with van der Waals surface area (Å²) in [5, 5.41) is 3.58. The zero-order valence-corrected chi connectivity index (χ0v) is 15.5. The van der Waals surface area contributed by atoms with E-state index in [1.807, 2.05) is 11.8 Å². The summed E-state index contributed by atoms with van der Waals surface area (Å²) < 4.78 is 1.12. The van der Waals surface area contributed by atoms with Crippen LogP contribution in [0.5, 0.6) is 0 Å². The fourth-order valence-corrected chi connectivity index (χ4v) is 5.01. The number of hydrogen-bond acceptors (Lipinski definition) is 4. The Kier molecular flexibility index (Phi) is 4.23. The molecule has 2 amide bonds. The van der Waals surface area contributed by atoms with Crippen molar-refractivity contribution in [3.05, 3.63) is 23.3 Å². The van der Waals surface area contributed by atoms with Crippen LogP contribution >= 0.6 is 11.3 Å². The number of aromatic nitrogens is 1. The topological polar surface area (TPSA) is 62.3 Å². The Balaban J connectivity index is 1.48. The van der Waals surface area contributed by atoms with Crippen LogP contribution in [0.4, 0.5) is 5.13 Å². The van der Waals surface area contributed by atoms with Gasteiger partial charge in [-0.2, -0.15) is 0 Å². The number of anilines is 1. The van der Waals surface area contributed by atoms with Crippen LogP contribution in [0.25, 0.3) is 10.2 Å². The van der Waals surface area contributed by atoms with Gasteiger partial charge >= 0.3 is 0 Å². The normalized spacial score (nSPS) is 21.4. The molecule has 1 unspecified atom stereocenters. The second-order valence-electron chi connectivity index (χ2n) is 7.27. The molecule has 0 radical (unpaired) electrons. The van der Waals surface area contributed by atoms with Crippen molar-refractivity contribution < 1.29 is 9.59 Å². The van der Waals surface area contributed by atoms with Crippen LogP contribution < -0.4 is 5.32 Å². The molecule has 0 spiro atoms. The second-order valence-corrected chi connectivity index (χ2v) is 8.27. The molecule has 2 heterocycles. The van der Waals surface area contributed by atoms with Gasteiger partial charge in [0.15, 0.2) is 5.13 Å². The van der Waals surface area contributed by atoms with Gasteiger partial charge in [0, 0.05) is 19.0 Å². The highest BCUT2D eigenvalue weighted by atomic mass is 32.1. The molecule has 4 rings (SSSR count). The first-order valence-corrected chi connectivity index (χ1v) is 9.81. The van der Waals surface area contributed by atoms with Gasteiger partial charge in [-0.25, -0.2) is 4.98 Å². The van der Waals surface area contributed by atoms with Crippen LogP contribution in [0.1, 0.15) is 43.2 Å². The number of nitrogens with zero attached hydrogens (tertiary/aromatic N) is 2. The van der Waals surface area contributed by atoms with Crippen molar-refractivity contribution in [2.75, 3.05) is 11.9 Å². The van der Waals surface area contributed by atoms with Crippen molar-refractivity contribution >= 4 is 38.5 Å². The molecule has 1 aliphatic carbocycles. The maximum absolute atomic E-state index is 12.6. The Morgan fingerprint density at radius 3 is 2.68 bits per heavy atom. The van der Waals surface area contributed by atoms with Gasteiger partial charge < -0.3 is 10.2 Å². The summed E-state index contributed by atoms with van der Waals surface area (Å²) in [5.74, 6) is -0.214. The molecule has 1 atom stereocenters. The molecular formula is C19H23N3O2S. The van der Waals surface area contributed by atoms with Gasteiger partial charge in [-0.1, -0.05) is 36.3 Å². The van der Waals surface area contributed by atoms with E-state index in [1.54, 1.807) is 0 Å². The fourth-order valence-electron chi connectivity index (χ4n) is 4.00. The van der Waals surface area contributed by atoms with E-state index in [1.165, 1.54) is 29.7 Å². The molecule has 2 aromatic rings. The number of hydrogen-bond donors (Lipinski definition) is 1. The molecule has 1 saturated carbocycles. The number of thiazole rings is 1. The maximum atomic E-state index is 12.6. The summed E-state index contributed by atoms with van der Waals surface area (Å²) in [6, 6.07) is 4.48. The van der Waals surface area contributed by atoms with Crippen LogP contribution in [0.2, 0.25) is 0 Å². The molecular weight excluding hydrogens is 334 g/mol. The largest absolute Gasteiger partial charge is 0.339 e. The van der Waals surface area contributed by atoms with Crippen molar-refractivity contribution in [1.29, 1.82) is 0 Å². The van der Waals surface area contributed by atoms with E-state index in [4.69, 9.17) is 0 Å². The number of carbonyl (C=O) groups excluding carboxylic acids is 2. The highest BCUT2D eigenvalue weighted by Gasteiger charge is 2.38.